The molecule has 0 spiro atoms. The van der Waals surface area contributed by atoms with Crippen LogP contribution in [0.4, 0.5) is 10.2 Å². The van der Waals surface area contributed by atoms with Crippen molar-refractivity contribution < 1.29 is 13.9 Å². The number of benzene rings is 2. The first-order valence-corrected chi connectivity index (χ1v) is 11.0. The highest BCUT2D eigenvalue weighted by Crippen LogP contribution is 2.31. The third kappa shape index (κ3) is 4.91. The first-order valence-electron chi connectivity index (χ1n) is 11.0. The molecule has 0 bridgehead atoms. The first-order chi connectivity index (χ1) is 15.9. The number of carbonyl (C=O) groups excluding carboxylic acids is 1. The van der Waals surface area contributed by atoms with Crippen LogP contribution in [0.25, 0.3) is 5.69 Å². The van der Waals surface area contributed by atoms with Crippen molar-refractivity contribution in [1.82, 2.24) is 9.47 Å². The zero-order chi connectivity index (χ0) is 23.5. The molecule has 1 aliphatic carbocycles. The topological polar surface area (TPSA) is 70.3 Å². The van der Waals surface area contributed by atoms with Crippen molar-refractivity contribution in [3.8, 4) is 17.5 Å². The third-order valence-electron chi connectivity index (χ3n) is 6.12. The number of nitrogens with one attached hydrogen (secondary N) is 1. The fraction of sp³-hybridized carbons (Fsp3) is 0.308. The molecule has 3 aromatic rings. The van der Waals surface area contributed by atoms with E-state index in [2.05, 4.69) is 16.3 Å². The highest BCUT2D eigenvalue weighted by molar-refractivity contribution is 5.93. The SMILES string of the molecule is COc1ccc(CN(CC(=O)Nc2c(C#N)c(C)c(C)n2-c2ccc(F)cc2)C2CC2)cc1. The average molecular weight is 447 g/mol. The fourth-order valence-corrected chi connectivity index (χ4v) is 4.05. The molecule has 2 aromatic carbocycles. The number of amides is 1. The quantitative estimate of drug-likeness (QED) is 0.544. The number of hydrogen-bond acceptors (Lipinski definition) is 4. The van der Waals surface area contributed by atoms with Crippen LogP contribution in [0.5, 0.6) is 5.75 Å². The number of ether oxygens (including phenoxy) is 1. The molecule has 1 aromatic heterocycles. The van der Waals surface area contributed by atoms with Crippen LogP contribution >= 0.6 is 0 Å². The van der Waals surface area contributed by atoms with Crippen LogP contribution in [-0.4, -0.2) is 35.1 Å². The molecule has 6 nitrogen and oxygen atoms in total. The molecule has 7 heteroatoms. The molecule has 0 atom stereocenters. The molecule has 1 heterocycles. The van der Waals surface area contributed by atoms with Crippen LogP contribution in [0.1, 0.15) is 35.2 Å². The minimum Gasteiger partial charge on any atom is -0.497 e. The zero-order valence-corrected chi connectivity index (χ0v) is 19.1. The summed E-state index contributed by atoms with van der Waals surface area (Å²) in [4.78, 5) is 15.3. The lowest BCUT2D eigenvalue weighted by Crippen LogP contribution is -2.35. The van der Waals surface area contributed by atoms with Crippen molar-refractivity contribution in [1.29, 1.82) is 5.26 Å². The number of methoxy groups -OCH3 is 1. The van der Waals surface area contributed by atoms with Crippen molar-refractivity contribution in [2.24, 2.45) is 0 Å². The number of anilines is 1. The molecule has 1 fully saturated rings. The van der Waals surface area contributed by atoms with E-state index in [0.29, 0.717) is 29.7 Å². The van der Waals surface area contributed by atoms with Gasteiger partial charge in [-0.1, -0.05) is 12.1 Å². The molecular weight excluding hydrogens is 419 g/mol. The Balaban J connectivity index is 1.56. The van der Waals surface area contributed by atoms with E-state index < -0.39 is 0 Å². The molecule has 1 saturated carbocycles. The lowest BCUT2D eigenvalue weighted by molar-refractivity contribution is -0.117. The van der Waals surface area contributed by atoms with Crippen LogP contribution < -0.4 is 10.1 Å². The van der Waals surface area contributed by atoms with Crippen LogP contribution in [-0.2, 0) is 11.3 Å². The van der Waals surface area contributed by atoms with E-state index >= 15 is 0 Å². The van der Waals surface area contributed by atoms with Crippen molar-refractivity contribution in [3.63, 3.8) is 0 Å². The number of aromatic nitrogens is 1. The van der Waals surface area contributed by atoms with Crippen molar-refractivity contribution in [3.05, 3.63) is 76.7 Å². The van der Waals surface area contributed by atoms with Crippen LogP contribution in [0, 0.1) is 31.0 Å². The minimum absolute atomic E-state index is 0.187. The first kappa shape index (κ1) is 22.6. The Morgan fingerprint density at radius 1 is 1.18 bits per heavy atom. The zero-order valence-electron chi connectivity index (χ0n) is 19.1. The van der Waals surface area contributed by atoms with Gasteiger partial charge in [0.05, 0.1) is 19.2 Å². The fourth-order valence-electron chi connectivity index (χ4n) is 4.05. The Hall–Kier alpha value is -3.63. The van der Waals surface area contributed by atoms with E-state index in [1.165, 1.54) is 12.1 Å². The van der Waals surface area contributed by atoms with Gasteiger partial charge in [-0.3, -0.25) is 14.3 Å². The molecular formula is C26H27FN4O2. The Labute approximate surface area is 193 Å². The van der Waals surface area contributed by atoms with E-state index in [0.717, 1.165) is 35.4 Å². The Bertz CT molecular complexity index is 1190. The number of halogens is 1. The van der Waals surface area contributed by atoms with E-state index in [1.807, 2.05) is 38.1 Å². The predicted octanol–water partition coefficient (Wildman–Crippen LogP) is 4.72. The minimum atomic E-state index is -0.343. The Morgan fingerprint density at radius 2 is 1.85 bits per heavy atom. The Morgan fingerprint density at radius 3 is 2.42 bits per heavy atom. The second-order valence-corrected chi connectivity index (χ2v) is 8.39. The van der Waals surface area contributed by atoms with Gasteiger partial charge in [0.1, 0.15) is 23.5 Å². The predicted molar refractivity (Wildman–Crippen MR) is 125 cm³/mol. The van der Waals surface area contributed by atoms with Crippen LogP contribution in [0.15, 0.2) is 48.5 Å². The van der Waals surface area contributed by atoms with Crippen molar-refractivity contribution >= 4 is 11.7 Å². The summed E-state index contributed by atoms with van der Waals surface area (Å²) in [6.07, 6.45) is 2.13. The number of carbonyl (C=O) groups is 1. The highest BCUT2D eigenvalue weighted by Gasteiger charge is 2.31. The molecule has 170 valence electrons. The number of hydrogen-bond donors (Lipinski definition) is 1. The number of nitrogens with zero attached hydrogens (tertiary/aromatic N) is 3. The average Bonchev–Trinajstić information content (AvgIpc) is 3.63. The van der Waals surface area contributed by atoms with Gasteiger partial charge in [-0.15, -0.1) is 0 Å². The summed E-state index contributed by atoms with van der Waals surface area (Å²) in [7, 11) is 1.64. The largest absolute Gasteiger partial charge is 0.497 e. The molecule has 0 aliphatic heterocycles. The van der Waals surface area contributed by atoms with E-state index in [4.69, 9.17) is 4.74 Å². The standard InChI is InChI=1S/C26H27FN4O2/c1-17-18(2)31(22-8-6-20(27)7-9-22)26(24(17)14-28)29-25(32)16-30(21-10-11-21)15-19-4-12-23(33-3)13-5-19/h4-9,12-13,21H,10-11,15-16H2,1-3H3,(H,29,32). The molecule has 0 saturated heterocycles. The Kier molecular flexibility index (Phi) is 6.47. The van der Waals surface area contributed by atoms with Gasteiger partial charge in [-0.2, -0.15) is 5.26 Å². The summed E-state index contributed by atoms with van der Waals surface area (Å²) in [5.74, 6) is 0.688. The molecule has 1 amide bonds. The highest BCUT2D eigenvalue weighted by atomic mass is 19.1. The maximum Gasteiger partial charge on any atom is 0.239 e. The third-order valence-corrected chi connectivity index (χ3v) is 6.12. The van der Waals surface area contributed by atoms with Crippen LogP contribution in [0.2, 0.25) is 0 Å². The summed E-state index contributed by atoms with van der Waals surface area (Å²) >= 11 is 0. The van der Waals surface area contributed by atoms with Gasteiger partial charge in [0.2, 0.25) is 5.91 Å². The maximum absolute atomic E-state index is 13.5. The van der Waals surface area contributed by atoms with E-state index in [-0.39, 0.29) is 18.3 Å². The number of rotatable bonds is 8. The van der Waals surface area contributed by atoms with Gasteiger partial charge >= 0.3 is 0 Å². The smallest absolute Gasteiger partial charge is 0.239 e. The van der Waals surface area contributed by atoms with Gasteiger partial charge in [-0.25, -0.2) is 4.39 Å². The van der Waals surface area contributed by atoms with Gasteiger partial charge in [0.15, 0.2) is 0 Å². The molecule has 0 radical (unpaired) electrons. The van der Waals surface area contributed by atoms with Crippen molar-refractivity contribution in [2.45, 2.75) is 39.3 Å². The van der Waals surface area contributed by atoms with Crippen molar-refractivity contribution in [2.75, 3.05) is 19.0 Å². The molecule has 0 unspecified atom stereocenters. The molecule has 1 aliphatic rings. The summed E-state index contributed by atoms with van der Waals surface area (Å²) < 4.78 is 20.5. The number of nitriles is 1. The van der Waals surface area contributed by atoms with Gasteiger partial charge in [0, 0.05) is 24.0 Å². The summed E-state index contributed by atoms with van der Waals surface area (Å²) in [6.45, 7) is 4.61. The van der Waals surface area contributed by atoms with Gasteiger partial charge in [-0.05, 0) is 74.2 Å². The van der Waals surface area contributed by atoms with Gasteiger partial charge in [0.25, 0.3) is 0 Å². The lowest BCUT2D eigenvalue weighted by Gasteiger charge is -2.22. The van der Waals surface area contributed by atoms with E-state index in [9.17, 15) is 14.4 Å². The normalized spacial score (nSPS) is 13.1. The lowest BCUT2D eigenvalue weighted by atomic mass is 10.2. The van der Waals surface area contributed by atoms with Gasteiger partial charge < -0.3 is 10.1 Å². The summed E-state index contributed by atoms with van der Waals surface area (Å²) in [5.41, 5.74) is 3.82. The van der Waals surface area contributed by atoms with E-state index in [1.54, 1.807) is 23.8 Å². The monoisotopic (exact) mass is 446 g/mol. The molecule has 33 heavy (non-hydrogen) atoms. The second kappa shape index (κ2) is 9.47. The van der Waals surface area contributed by atoms with Crippen LogP contribution in [0.3, 0.4) is 0 Å². The summed E-state index contributed by atoms with van der Waals surface area (Å²) in [5, 5.41) is 12.7. The molecule has 1 N–H and O–H groups in total. The molecule has 4 rings (SSSR count). The summed E-state index contributed by atoms with van der Waals surface area (Å²) in [6, 6.07) is 16.4. The second-order valence-electron chi connectivity index (χ2n) is 8.39. The maximum atomic E-state index is 13.5.